The van der Waals surface area contributed by atoms with E-state index in [-0.39, 0.29) is 41.9 Å². The van der Waals surface area contributed by atoms with Gasteiger partial charge in [0.1, 0.15) is 17.4 Å². The zero-order chi connectivity index (χ0) is 26.3. The standard InChI is InChI=1S/C25H26FN5O4S2/c1-14-11-30(12-15(2)35-14)20(32)13-29-6-7-31-24(34)22(33)21(28-25(29)31)23-27-10-18(37-23)8-16-4-5-17(26)9-19(16)36-3/h4-7,9-10,14-15,33H,8,11-13H2,1-3H3. The molecule has 5 rings (SSSR count). The first-order valence-electron chi connectivity index (χ1n) is 11.7. The molecule has 1 aliphatic heterocycles. The third-order valence-electron chi connectivity index (χ3n) is 6.17. The number of carbonyl (C=O) groups is 1. The lowest BCUT2D eigenvalue weighted by atomic mass is 10.1. The highest BCUT2D eigenvalue weighted by Gasteiger charge is 2.27. The van der Waals surface area contributed by atoms with Gasteiger partial charge in [-0.2, -0.15) is 0 Å². The van der Waals surface area contributed by atoms with Crippen molar-refractivity contribution >= 4 is 34.8 Å². The number of thiazole rings is 1. The summed E-state index contributed by atoms with van der Waals surface area (Å²) in [5.41, 5.74) is 0.377. The van der Waals surface area contributed by atoms with Gasteiger partial charge >= 0.3 is 5.56 Å². The number of nitrogens with zero attached hydrogens (tertiary/aromatic N) is 5. The van der Waals surface area contributed by atoms with E-state index in [9.17, 15) is 19.1 Å². The molecule has 1 aromatic carbocycles. The number of aromatic hydroxyl groups is 1. The fourth-order valence-corrected chi connectivity index (χ4v) is 6.07. The third-order valence-corrected chi connectivity index (χ3v) is 8.00. The summed E-state index contributed by atoms with van der Waals surface area (Å²) >= 11 is 2.76. The number of thioether (sulfide) groups is 1. The van der Waals surface area contributed by atoms with Gasteiger partial charge in [0.2, 0.25) is 17.4 Å². The number of benzene rings is 1. The van der Waals surface area contributed by atoms with Crippen LogP contribution < -0.4 is 5.56 Å². The van der Waals surface area contributed by atoms with Gasteiger partial charge in [-0.3, -0.25) is 9.59 Å². The first-order chi connectivity index (χ1) is 17.7. The molecule has 12 heteroatoms. The quantitative estimate of drug-likeness (QED) is 0.372. The summed E-state index contributed by atoms with van der Waals surface area (Å²) in [6.07, 6.45) is 7.05. The van der Waals surface area contributed by atoms with E-state index < -0.39 is 11.3 Å². The van der Waals surface area contributed by atoms with Crippen molar-refractivity contribution in [2.75, 3.05) is 19.3 Å². The number of halogens is 1. The molecule has 2 unspecified atom stereocenters. The number of amides is 1. The molecule has 9 nitrogen and oxygen atoms in total. The summed E-state index contributed by atoms with van der Waals surface area (Å²) in [4.78, 5) is 38.3. The van der Waals surface area contributed by atoms with Crippen LogP contribution in [0.25, 0.3) is 16.5 Å². The predicted octanol–water partition coefficient (Wildman–Crippen LogP) is 3.41. The van der Waals surface area contributed by atoms with Crippen LogP contribution in [0.15, 0.2) is 46.5 Å². The van der Waals surface area contributed by atoms with E-state index in [1.165, 1.54) is 45.8 Å². The number of morpholine rings is 1. The molecule has 0 bridgehead atoms. The van der Waals surface area contributed by atoms with Crippen LogP contribution >= 0.6 is 23.1 Å². The van der Waals surface area contributed by atoms with Crippen molar-refractivity contribution in [2.45, 2.75) is 43.9 Å². The van der Waals surface area contributed by atoms with Gasteiger partial charge in [-0.05, 0) is 37.8 Å². The number of carbonyl (C=O) groups excluding carboxylic acids is 1. The Labute approximate surface area is 220 Å². The highest BCUT2D eigenvalue weighted by molar-refractivity contribution is 7.98. The SMILES string of the molecule is CSc1cc(F)ccc1Cc1cnc(-c2nc3n(CC(=O)N4CC(C)OC(C)C4)ccn3c(=O)c2O)s1. The molecular formula is C25H26FN5O4S2. The molecule has 1 amide bonds. The summed E-state index contributed by atoms with van der Waals surface area (Å²) in [6.45, 7) is 4.85. The number of imidazole rings is 1. The molecule has 0 radical (unpaired) electrons. The topological polar surface area (TPSA) is 102 Å². The maximum atomic E-state index is 13.6. The molecule has 2 atom stereocenters. The molecule has 0 saturated carbocycles. The largest absolute Gasteiger partial charge is 0.501 e. The van der Waals surface area contributed by atoms with Crippen LogP contribution in [0.2, 0.25) is 0 Å². The summed E-state index contributed by atoms with van der Waals surface area (Å²) in [5.74, 6) is -0.671. The van der Waals surface area contributed by atoms with Gasteiger partial charge in [-0.25, -0.2) is 18.8 Å². The Bertz CT molecular complexity index is 1520. The number of ether oxygens (including phenoxy) is 1. The molecule has 0 aliphatic carbocycles. The van der Waals surface area contributed by atoms with Gasteiger partial charge < -0.3 is 19.3 Å². The average Bonchev–Trinajstić information content (AvgIpc) is 3.49. The van der Waals surface area contributed by atoms with Crippen molar-refractivity contribution in [3.63, 3.8) is 0 Å². The van der Waals surface area contributed by atoms with E-state index in [4.69, 9.17) is 4.74 Å². The minimum absolute atomic E-state index is 0.00224. The molecule has 1 saturated heterocycles. The molecule has 0 spiro atoms. The maximum Gasteiger partial charge on any atom is 0.302 e. The van der Waals surface area contributed by atoms with Crippen LogP contribution in [0, 0.1) is 5.82 Å². The monoisotopic (exact) mass is 543 g/mol. The second kappa shape index (κ2) is 10.3. The van der Waals surface area contributed by atoms with Gasteiger partial charge in [0.05, 0.1) is 12.2 Å². The van der Waals surface area contributed by atoms with Gasteiger partial charge in [-0.15, -0.1) is 23.1 Å². The average molecular weight is 544 g/mol. The molecule has 1 fully saturated rings. The van der Waals surface area contributed by atoms with E-state index >= 15 is 0 Å². The van der Waals surface area contributed by atoms with Crippen molar-refractivity contribution in [2.24, 2.45) is 0 Å². The van der Waals surface area contributed by atoms with Crippen LogP contribution in [0.5, 0.6) is 5.75 Å². The smallest absolute Gasteiger partial charge is 0.302 e. The summed E-state index contributed by atoms with van der Waals surface area (Å²) in [6, 6.07) is 4.67. The number of fused-ring (bicyclic) bond motifs is 1. The number of hydrogen-bond acceptors (Lipinski definition) is 8. The minimum Gasteiger partial charge on any atom is -0.501 e. The molecule has 4 aromatic rings. The molecule has 1 N–H and O–H groups in total. The van der Waals surface area contributed by atoms with Gasteiger partial charge in [0.15, 0.2) is 5.69 Å². The van der Waals surface area contributed by atoms with Crippen LogP contribution in [-0.4, -0.2) is 66.4 Å². The van der Waals surface area contributed by atoms with Crippen LogP contribution in [0.4, 0.5) is 4.39 Å². The van der Waals surface area contributed by atoms with E-state index in [1.807, 2.05) is 20.1 Å². The molecule has 3 aromatic heterocycles. The third kappa shape index (κ3) is 5.13. The Kier molecular flexibility index (Phi) is 7.06. The predicted molar refractivity (Wildman–Crippen MR) is 140 cm³/mol. The molecule has 1 aliphatic rings. The fourth-order valence-electron chi connectivity index (χ4n) is 4.51. The Hall–Kier alpha value is -3.22. The Morgan fingerprint density at radius 3 is 2.76 bits per heavy atom. The van der Waals surface area contributed by atoms with Crippen LogP contribution in [0.3, 0.4) is 0 Å². The Morgan fingerprint density at radius 2 is 2.03 bits per heavy atom. The van der Waals surface area contributed by atoms with Crippen molar-refractivity contribution in [3.05, 3.63) is 63.4 Å². The molecule has 4 heterocycles. The second-order valence-electron chi connectivity index (χ2n) is 9.03. The van der Waals surface area contributed by atoms with Crippen molar-refractivity contribution in [3.8, 4) is 16.5 Å². The van der Waals surface area contributed by atoms with Crippen molar-refractivity contribution < 1.29 is 19.0 Å². The second-order valence-corrected chi connectivity index (χ2v) is 11.0. The zero-order valence-corrected chi connectivity index (χ0v) is 22.2. The molecular weight excluding hydrogens is 517 g/mol. The Morgan fingerprint density at radius 1 is 1.27 bits per heavy atom. The van der Waals surface area contributed by atoms with E-state index in [1.54, 1.807) is 27.9 Å². The fraction of sp³-hybridized carbons (Fsp3) is 0.360. The van der Waals surface area contributed by atoms with Crippen molar-refractivity contribution in [1.29, 1.82) is 0 Å². The lowest BCUT2D eigenvalue weighted by molar-refractivity contribution is -0.143. The van der Waals surface area contributed by atoms with Crippen molar-refractivity contribution in [1.82, 2.24) is 23.8 Å². The number of aromatic nitrogens is 4. The first-order valence-corrected chi connectivity index (χ1v) is 13.8. The Balaban J connectivity index is 1.44. The molecule has 37 heavy (non-hydrogen) atoms. The summed E-state index contributed by atoms with van der Waals surface area (Å²) in [5, 5.41) is 11.0. The number of hydrogen-bond donors (Lipinski definition) is 1. The van der Waals surface area contributed by atoms with Crippen LogP contribution in [-0.2, 0) is 22.5 Å². The lowest BCUT2D eigenvalue weighted by Crippen LogP contribution is -2.49. The highest BCUT2D eigenvalue weighted by Crippen LogP contribution is 2.32. The van der Waals surface area contributed by atoms with E-state index in [0.29, 0.717) is 24.5 Å². The lowest BCUT2D eigenvalue weighted by Gasteiger charge is -2.35. The summed E-state index contributed by atoms with van der Waals surface area (Å²) in [7, 11) is 0. The van der Waals surface area contributed by atoms with Gasteiger partial charge in [0.25, 0.3) is 0 Å². The highest BCUT2D eigenvalue weighted by atomic mass is 32.2. The van der Waals surface area contributed by atoms with Crippen LogP contribution in [0.1, 0.15) is 24.3 Å². The summed E-state index contributed by atoms with van der Waals surface area (Å²) < 4.78 is 22.1. The molecule has 194 valence electrons. The maximum absolute atomic E-state index is 13.6. The minimum atomic E-state index is -0.639. The normalized spacial score (nSPS) is 18.0. The van der Waals surface area contributed by atoms with E-state index in [2.05, 4.69) is 9.97 Å². The first kappa shape index (κ1) is 25.4. The number of rotatable bonds is 6. The van der Waals surface area contributed by atoms with Gasteiger partial charge in [0, 0.05) is 47.9 Å². The van der Waals surface area contributed by atoms with E-state index in [0.717, 1.165) is 15.3 Å². The zero-order valence-electron chi connectivity index (χ0n) is 20.5. The van der Waals surface area contributed by atoms with Gasteiger partial charge in [-0.1, -0.05) is 6.07 Å².